The number of nitrogens with one attached hydrogen (secondary N) is 1. The molecule has 0 radical (unpaired) electrons. The molecule has 4 heteroatoms. The molecule has 20 heavy (non-hydrogen) atoms. The van der Waals surface area contributed by atoms with Crippen molar-refractivity contribution in [1.82, 2.24) is 5.32 Å². The lowest BCUT2D eigenvalue weighted by molar-refractivity contribution is 0.0938. The largest absolute Gasteiger partial charge is 0.395 e. The van der Waals surface area contributed by atoms with Gasteiger partial charge in [0, 0.05) is 29.3 Å². The van der Waals surface area contributed by atoms with E-state index in [1.54, 1.807) is 6.07 Å². The molecule has 1 heterocycles. The lowest BCUT2D eigenvalue weighted by atomic mass is 10.1. The van der Waals surface area contributed by atoms with E-state index in [4.69, 9.17) is 5.11 Å². The second-order valence-electron chi connectivity index (χ2n) is 4.74. The van der Waals surface area contributed by atoms with Crippen LogP contribution in [0.15, 0.2) is 24.3 Å². The number of rotatable bonds is 3. The van der Waals surface area contributed by atoms with Gasteiger partial charge in [-0.25, -0.2) is 0 Å². The summed E-state index contributed by atoms with van der Waals surface area (Å²) >= 11 is 1.90. The Labute approximate surface area is 124 Å². The molecular formula is C16H19NO2S. The first kappa shape index (κ1) is 15.0. The average Bonchev–Trinajstić information content (AvgIpc) is 2.49. The van der Waals surface area contributed by atoms with Crippen molar-refractivity contribution in [2.24, 2.45) is 0 Å². The van der Waals surface area contributed by atoms with E-state index in [9.17, 15) is 4.79 Å². The van der Waals surface area contributed by atoms with E-state index >= 15 is 0 Å². The van der Waals surface area contributed by atoms with Gasteiger partial charge in [-0.05, 0) is 36.8 Å². The summed E-state index contributed by atoms with van der Waals surface area (Å²) in [6.45, 7) is 0.0620. The molecule has 1 amide bonds. The van der Waals surface area contributed by atoms with Crippen molar-refractivity contribution >= 4 is 17.7 Å². The minimum absolute atomic E-state index is 0.0247. The minimum atomic E-state index is -0.0247. The van der Waals surface area contributed by atoms with Crippen LogP contribution in [0.2, 0.25) is 0 Å². The molecule has 2 rings (SSSR count). The number of aliphatic hydroxyl groups excluding tert-OH is 1. The molecule has 1 aliphatic heterocycles. The van der Waals surface area contributed by atoms with Crippen molar-refractivity contribution in [3.8, 4) is 11.8 Å². The second kappa shape index (κ2) is 7.98. The van der Waals surface area contributed by atoms with Crippen LogP contribution in [0.25, 0.3) is 0 Å². The molecular weight excluding hydrogens is 270 g/mol. The first-order chi connectivity index (χ1) is 9.79. The standard InChI is InChI=1S/C16H19NO2S/c18-9-2-1-5-13-6-3-7-14(11-13)16(19)17-15-8-4-10-20-12-15/h3,6-7,11,15,18H,2,4,8-10,12H2,(H,17,19). The number of carbonyl (C=O) groups is 1. The molecule has 0 bridgehead atoms. The maximum absolute atomic E-state index is 12.2. The fourth-order valence-electron chi connectivity index (χ4n) is 2.08. The van der Waals surface area contributed by atoms with E-state index in [0.29, 0.717) is 12.0 Å². The molecule has 2 N–H and O–H groups in total. The number of hydrogen-bond acceptors (Lipinski definition) is 3. The van der Waals surface area contributed by atoms with Gasteiger partial charge in [-0.2, -0.15) is 11.8 Å². The second-order valence-corrected chi connectivity index (χ2v) is 5.89. The van der Waals surface area contributed by atoms with E-state index in [-0.39, 0.29) is 18.6 Å². The quantitative estimate of drug-likeness (QED) is 0.837. The molecule has 1 atom stereocenters. The summed E-state index contributed by atoms with van der Waals surface area (Å²) in [6, 6.07) is 7.61. The topological polar surface area (TPSA) is 49.3 Å². The van der Waals surface area contributed by atoms with E-state index < -0.39 is 0 Å². The molecule has 1 fully saturated rings. The Morgan fingerprint density at radius 1 is 1.50 bits per heavy atom. The highest BCUT2D eigenvalue weighted by atomic mass is 32.2. The predicted octanol–water partition coefficient (Wildman–Crippen LogP) is 2.05. The van der Waals surface area contributed by atoms with Crippen LogP contribution in [0.1, 0.15) is 35.2 Å². The van der Waals surface area contributed by atoms with Crippen molar-refractivity contribution in [3.05, 3.63) is 35.4 Å². The zero-order valence-electron chi connectivity index (χ0n) is 11.4. The van der Waals surface area contributed by atoms with Gasteiger partial charge >= 0.3 is 0 Å². The summed E-state index contributed by atoms with van der Waals surface area (Å²) < 4.78 is 0. The van der Waals surface area contributed by atoms with Crippen LogP contribution >= 0.6 is 11.8 Å². The van der Waals surface area contributed by atoms with Gasteiger partial charge in [0.05, 0.1) is 6.61 Å². The number of hydrogen-bond donors (Lipinski definition) is 2. The molecule has 0 saturated carbocycles. The minimum Gasteiger partial charge on any atom is -0.395 e. The summed E-state index contributed by atoms with van der Waals surface area (Å²) in [5.74, 6) is 7.99. The average molecular weight is 289 g/mol. The van der Waals surface area contributed by atoms with Crippen LogP contribution in [-0.2, 0) is 0 Å². The van der Waals surface area contributed by atoms with Gasteiger partial charge < -0.3 is 10.4 Å². The lowest BCUT2D eigenvalue weighted by Gasteiger charge is -2.22. The molecule has 0 spiro atoms. The normalized spacial score (nSPS) is 17.9. The molecule has 1 aromatic rings. The Morgan fingerprint density at radius 3 is 3.15 bits per heavy atom. The first-order valence-corrected chi connectivity index (χ1v) is 8.03. The Kier molecular flexibility index (Phi) is 5.97. The number of aliphatic hydroxyl groups is 1. The summed E-state index contributed by atoms with van der Waals surface area (Å²) in [7, 11) is 0. The number of thioether (sulfide) groups is 1. The molecule has 1 unspecified atom stereocenters. The highest BCUT2D eigenvalue weighted by Gasteiger charge is 2.16. The summed E-state index contributed by atoms with van der Waals surface area (Å²) in [4.78, 5) is 12.2. The number of carbonyl (C=O) groups excluding carboxylic acids is 1. The zero-order valence-corrected chi connectivity index (χ0v) is 12.2. The van der Waals surface area contributed by atoms with Crippen LogP contribution in [-0.4, -0.2) is 35.2 Å². The Hall–Kier alpha value is -1.44. The highest BCUT2D eigenvalue weighted by Crippen LogP contribution is 2.17. The summed E-state index contributed by atoms with van der Waals surface area (Å²) in [5, 5.41) is 11.8. The van der Waals surface area contributed by atoms with Crippen molar-refractivity contribution in [2.75, 3.05) is 18.1 Å². The van der Waals surface area contributed by atoms with Gasteiger partial charge in [0.2, 0.25) is 0 Å². The van der Waals surface area contributed by atoms with Crippen molar-refractivity contribution in [2.45, 2.75) is 25.3 Å². The van der Waals surface area contributed by atoms with Crippen LogP contribution in [0.5, 0.6) is 0 Å². The summed E-state index contributed by atoms with van der Waals surface area (Å²) in [5.41, 5.74) is 1.46. The fraction of sp³-hybridized carbons (Fsp3) is 0.438. The molecule has 106 valence electrons. The molecule has 1 aromatic carbocycles. The van der Waals surface area contributed by atoms with Crippen molar-refractivity contribution < 1.29 is 9.90 Å². The number of amides is 1. The zero-order chi connectivity index (χ0) is 14.2. The van der Waals surface area contributed by atoms with Gasteiger partial charge in [0.25, 0.3) is 5.91 Å². The molecule has 0 aromatic heterocycles. The van der Waals surface area contributed by atoms with Crippen LogP contribution < -0.4 is 5.32 Å². The lowest BCUT2D eigenvalue weighted by Crippen LogP contribution is -2.38. The van der Waals surface area contributed by atoms with Gasteiger partial charge in [-0.3, -0.25) is 4.79 Å². The number of benzene rings is 1. The van der Waals surface area contributed by atoms with Crippen LogP contribution in [0.4, 0.5) is 0 Å². The SMILES string of the molecule is O=C(NC1CCCSC1)c1cccc(C#CCCO)c1. The maximum Gasteiger partial charge on any atom is 0.251 e. The Morgan fingerprint density at radius 2 is 2.40 bits per heavy atom. The van der Waals surface area contributed by atoms with Gasteiger partial charge in [0.15, 0.2) is 0 Å². The Bertz CT molecular complexity index is 513. The van der Waals surface area contributed by atoms with E-state index in [0.717, 1.165) is 17.7 Å². The fourth-order valence-corrected chi connectivity index (χ4v) is 3.15. The molecule has 1 aliphatic rings. The molecule has 1 saturated heterocycles. The third-order valence-electron chi connectivity index (χ3n) is 3.09. The third kappa shape index (κ3) is 4.59. The van der Waals surface area contributed by atoms with Crippen molar-refractivity contribution in [3.63, 3.8) is 0 Å². The van der Waals surface area contributed by atoms with Crippen LogP contribution in [0, 0.1) is 11.8 Å². The molecule has 0 aliphatic carbocycles. The van der Waals surface area contributed by atoms with Gasteiger partial charge in [0.1, 0.15) is 0 Å². The first-order valence-electron chi connectivity index (χ1n) is 6.88. The highest BCUT2D eigenvalue weighted by molar-refractivity contribution is 7.99. The van der Waals surface area contributed by atoms with Crippen molar-refractivity contribution in [1.29, 1.82) is 0 Å². The van der Waals surface area contributed by atoms with E-state index in [2.05, 4.69) is 17.2 Å². The smallest absolute Gasteiger partial charge is 0.251 e. The third-order valence-corrected chi connectivity index (χ3v) is 4.31. The van der Waals surface area contributed by atoms with Crippen LogP contribution in [0.3, 0.4) is 0 Å². The van der Waals surface area contributed by atoms with Gasteiger partial charge in [-0.1, -0.05) is 17.9 Å². The Balaban J connectivity index is 1.99. The molecule has 3 nitrogen and oxygen atoms in total. The predicted molar refractivity (Wildman–Crippen MR) is 82.8 cm³/mol. The maximum atomic E-state index is 12.2. The summed E-state index contributed by atoms with van der Waals surface area (Å²) in [6.07, 6.45) is 2.69. The van der Waals surface area contributed by atoms with E-state index in [1.807, 2.05) is 30.0 Å². The van der Waals surface area contributed by atoms with E-state index in [1.165, 1.54) is 12.2 Å². The monoisotopic (exact) mass is 289 g/mol. The van der Waals surface area contributed by atoms with Gasteiger partial charge in [-0.15, -0.1) is 0 Å².